The van der Waals surface area contributed by atoms with Crippen LogP contribution in [0.5, 0.6) is 0 Å². The molecule has 2 nitrogen and oxygen atoms in total. The predicted molar refractivity (Wildman–Crippen MR) is 71.8 cm³/mol. The van der Waals surface area contributed by atoms with Crippen molar-refractivity contribution in [2.75, 3.05) is 20.2 Å². The second-order valence-corrected chi connectivity index (χ2v) is 5.39. The van der Waals surface area contributed by atoms with E-state index in [2.05, 4.69) is 11.9 Å². The molecule has 4 heteroatoms. The molecule has 94 valence electrons. The molecule has 2 rings (SSSR count). The minimum Gasteiger partial charge on any atom is -0.377 e. The summed E-state index contributed by atoms with van der Waals surface area (Å²) in [4.78, 5) is 2.26. The van der Waals surface area contributed by atoms with Gasteiger partial charge < -0.3 is 4.74 Å². The lowest BCUT2D eigenvalue weighted by molar-refractivity contribution is 0.0793. The van der Waals surface area contributed by atoms with Crippen molar-refractivity contribution in [2.24, 2.45) is 0 Å². The zero-order valence-corrected chi connectivity index (χ0v) is 11.5. The van der Waals surface area contributed by atoms with Crippen LogP contribution in [-0.2, 0) is 11.3 Å². The summed E-state index contributed by atoms with van der Waals surface area (Å²) in [6.45, 7) is 2.75. The maximum atomic E-state index is 5.99. The average Bonchev–Trinajstić information content (AvgIpc) is 2.76. The molecule has 0 bridgehead atoms. The molecule has 1 aliphatic heterocycles. The van der Waals surface area contributed by atoms with E-state index in [-0.39, 0.29) is 0 Å². The molecule has 0 aliphatic carbocycles. The van der Waals surface area contributed by atoms with Gasteiger partial charge in [-0.2, -0.15) is 0 Å². The Morgan fingerprint density at radius 1 is 1.35 bits per heavy atom. The van der Waals surface area contributed by atoms with Gasteiger partial charge in [-0.25, -0.2) is 0 Å². The molecule has 1 atom stereocenters. The molecule has 1 aromatic rings. The lowest BCUT2D eigenvalue weighted by atomic mass is 10.2. The molecule has 0 saturated carbocycles. The van der Waals surface area contributed by atoms with Crippen LogP contribution in [0.2, 0.25) is 10.0 Å². The van der Waals surface area contributed by atoms with E-state index in [0.29, 0.717) is 16.1 Å². The maximum absolute atomic E-state index is 5.99. The van der Waals surface area contributed by atoms with Gasteiger partial charge in [0.15, 0.2) is 0 Å². The van der Waals surface area contributed by atoms with E-state index in [9.17, 15) is 0 Å². The van der Waals surface area contributed by atoms with Gasteiger partial charge in [0.05, 0.1) is 16.1 Å². The Hall–Kier alpha value is -0.280. The summed E-state index contributed by atoms with van der Waals surface area (Å²) in [5, 5.41) is 1.23. The van der Waals surface area contributed by atoms with Crippen molar-refractivity contribution in [1.82, 2.24) is 4.90 Å². The first-order chi connectivity index (χ1) is 8.15. The Bertz CT molecular complexity index is 378. The second kappa shape index (κ2) is 6.05. The van der Waals surface area contributed by atoms with Crippen LogP contribution in [0.25, 0.3) is 0 Å². The maximum Gasteiger partial charge on any atom is 0.0702 e. The topological polar surface area (TPSA) is 12.5 Å². The molecule has 1 unspecified atom stereocenters. The van der Waals surface area contributed by atoms with Crippen LogP contribution >= 0.6 is 23.2 Å². The normalized spacial score (nSPS) is 20.1. The third-order valence-corrected chi connectivity index (χ3v) is 3.71. The van der Waals surface area contributed by atoms with E-state index in [1.807, 2.05) is 18.2 Å². The molecule has 1 saturated heterocycles. The Morgan fingerprint density at radius 3 is 2.82 bits per heavy atom. The zero-order chi connectivity index (χ0) is 12.3. The average molecular weight is 274 g/mol. The molecule has 17 heavy (non-hydrogen) atoms. The number of halogens is 2. The molecular weight excluding hydrogens is 257 g/mol. The number of hydrogen-bond donors (Lipinski definition) is 0. The molecule has 0 spiro atoms. The van der Waals surface area contributed by atoms with Crippen LogP contribution in [0.15, 0.2) is 18.2 Å². The number of likely N-dealkylation sites (N-methyl/N-ethyl adjacent to an activating group) is 1. The standard InChI is InChI=1S/C13H17Cl2NO/c1-16(9-11-3-2-6-17-11)8-10-4-5-12(14)13(15)7-10/h4-5,7,11H,2-3,6,8-9H2,1H3. The van der Waals surface area contributed by atoms with Crippen LogP contribution in [0.3, 0.4) is 0 Å². The smallest absolute Gasteiger partial charge is 0.0702 e. The molecule has 1 fully saturated rings. The van der Waals surface area contributed by atoms with E-state index in [1.165, 1.54) is 18.4 Å². The third kappa shape index (κ3) is 3.85. The largest absolute Gasteiger partial charge is 0.377 e. The lowest BCUT2D eigenvalue weighted by Gasteiger charge is -2.20. The van der Waals surface area contributed by atoms with Crippen molar-refractivity contribution in [3.8, 4) is 0 Å². The number of hydrogen-bond acceptors (Lipinski definition) is 2. The van der Waals surface area contributed by atoms with Crippen LogP contribution in [-0.4, -0.2) is 31.2 Å². The van der Waals surface area contributed by atoms with Crippen LogP contribution in [0.4, 0.5) is 0 Å². The molecule has 0 amide bonds. The Morgan fingerprint density at radius 2 is 2.18 bits per heavy atom. The monoisotopic (exact) mass is 273 g/mol. The van der Waals surface area contributed by atoms with Crippen LogP contribution in [0, 0.1) is 0 Å². The van der Waals surface area contributed by atoms with E-state index < -0.39 is 0 Å². The quantitative estimate of drug-likeness (QED) is 0.831. The lowest BCUT2D eigenvalue weighted by Crippen LogP contribution is -2.28. The fourth-order valence-corrected chi connectivity index (χ4v) is 2.47. The number of ether oxygens (including phenoxy) is 1. The summed E-state index contributed by atoms with van der Waals surface area (Å²) in [6, 6.07) is 5.79. The summed E-state index contributed by atoms with van der Waals surface area (Å²) >= 11 is 11.9. The van der Waals surface area contributed by atoms with Gasteiger partial charge in [0.1, 0.15) is 0 Å². The minimum absolute atomic E-state index is 0.391. The summed E-state index contributed by atoms with van der Waals surface area (Å²) in [5.41, 5.74) is 1.18. The van der Waals surface area contributed by atoms with Crippen molar-refractivity contribution in [1.29, 1.82) is 0 Å². The van der Waals surface area contributed by atoms with Crippen molar-refractivity contribution >= 4 is 23.2 Å². The van der Waals surface area contributed by atoms with Gasteiger partial charge in [-0.05, 0) is 37.6 Å². The molecule has 1 heterocycles. The van der Waals surface area contributed by atoms with E-state index in [1.54, 1.807) is 0 Å². The van der Waals surface area contributed by atoms with Gasteiger partial charge in [-0.3, -0.25) is 4.90 Å². The Labute approximate surface area is 112 Å². The first-order valence-corrected chi connectivity index (χ1v) is 6.65. The highest BCUT2D eigenvalue weighted by atomic mass is 35.5. The second-order valence-electron chi connectivity index (χ2n) is 4.58. The van der Waals surface area contributed by atoms with E-state index in [4.69, 9.17) is 27.9 Å². The molecule has 0 aromatic heterocycles. The molecule has 0 radical (unpaired) electrons. The third-order valence-electron chi connectivity index (χ3n) is 2.98. The highest BCUT2D eigenvalue weighted by Crippen LogP contribution is 2.23. The van der Waals surface area contributed by atoms with Crippen LogP contribution < -0.4 is 0 Å². The summed E-state index contributed by atoms with van der Waals surface area (Å²) in [5.74, 6) is 0. The highest BCUT2D eigenvalue weighted by molar-refractivity contribution is 6.42. The Kier molecular flexibility index (Phi) is 4.69. The van der Waals surface area contributed by atoms with Gasteiger partial charge >= 0.3 is 0 Å². The van der Waals surface area contributed by atoms with Crippen molar-refractivity contribution in [3.63, 3.8) is 0 Å². The van der Waals surface area contributed by atoms with Gasteiger partial charge in [0.25, 0.3) is 0 Å². The zero-order valence-electron chi connectivity index (χ0n) is 9.96. The number of benzene rings is 1. The predicted octanol–water partition coefficient (Wildman–Crippen LogP) is 3.60. The fraction of sp³-hybridized carbons (Fsp3) is 0.538. The molecular formula is C13H17Cl2NO. The van der Waals surface area contributed by atoms with Crippen molar-refractivity contribution in [2.45, 2.75) is 25.5 Å². The van der Waals surface area contributed by atoms with Gasteiger partial charge in [0, 0.05) is 19.7 Å². The van der Waals surface area contributed by atoms with E-state index in [0.717, 1.165) is 19.7 Å². The number of rotatable bonds is 4. The first kappa shape index (κ1) is 13.2. The molecule has 0 N–H and O–H groups in total. The Balaban J connectivity index is 1.88. The summed E-state index contributed by atoms with van der Waals surface area (Å²) < 4.78 is 5.62. The van der Waals surface area contributed by atoms with Crippen molar-refractivity contribution in [3.05, 3.63) is 33.8 Å². The van der Waals surface area contributed by atoms with E-state index >= 15 is 0 Å². The molecule has 1 aliphatic rings. The van der Waals surface area contributed by atoms with Crippen LogP contribution in [0.1, 0.15) is 18.4 Å². The van der Waals surface area contributed by atoms with Gasteiger partial charge in [-0.1, -0.05) is 29.3 Å². The summed E-state index contributed by atoms with van der Waals surface area (Å²) in [6.07, 6.45) is 2.75. The van der Waals surface area contributed by atoms with Gasteiger partial charge in [0.2, 0.25) is 0 Å². The number of nitrogens with zero attached hydrogens (tertiary/aromatic N) is 1. The highest BCUT2D eigenvalue weighted by Gasteiger charge is 2.17. The first-order valence-electron chi connectivity index (χ1n) is 5.89. The fourth-order valence-electron chi connectivity index (χ4n) is 2.15. The molecule has 1 aromatic carbocycles. The van der Waals surface area contributed by atoms with Gasteiger partial charge in [-0.15, -0.1) is 0 Å². The van der Waals surface area contributed by atoms with Crippen molar-refractivity contribution < 1.29 is 4.74 Å². The SMILES string of the molecule is CN(Cc1ccc(Cl)c(Cl)c1)CC1CCCO1. The summed E-state index contributed by atoms with van der Waals surface area (Å²) in [7, 11) is 2.10. The minimum atomic E-state index is 0.391.